The van der Waals surface area contributed by atoms with Gasteiger partial charge in [0.2, 0.25) is 0 Å². The van der Waals surface area contributed by atoms with Crippen molar-refractivity contribution in [2.75, 3.05) is 6.54 Å². The summed E-state index contributed by atoms with van der Waals surface area (Å²) in [7, 11) is 0. The Balaban J connectivity index is 1.65. The molecule has 0 unspecified atom stereocenters. The van der Waals surface area contributed by atoms with Crippen LogP contribution < -0.4 is 5.32 Å². The lowest BCUT2D eigenvalue weighted by Gasteiger charge is -2.14. The summed E-state index contributed by atoms with van der Waals surface area (Å²) < 4.78 is 2.20. The minimum Gasteiger partial charge on any atom is -0.352 e. The molecule has 3 aromatic rings. The number of fused-ring (bicyclic) bond motifs is 1. The molecule has 1 N–H and O–H groups in total. The first-order chi connectivity index (χ1) is 11.6. The zero-order valence-electron chi connectivity index (χ0n) is 14.3. The van der Waals surface area contributed by atoms with Crippen LogP contribution in [-0.2, 0) is 6.42 Å². The molecule has 1 aromatic carbocycles. The van der Waals surface area contributed by atoms with E-state index in [1.807, 2.05) is 36.5 Å². The van der Waals surface area contributed by atoms with Crippen LogP contribution in [0.25, 0.3) is 10.9 Å². The molecule has 124 valence electrons. The van der Waals surface area contributed by atoms with Crippen LogP contribution in [-0.4, -0.2) is 27.0 Å². The zero-order valence-corrected chi connectivity index (χ0v) is 14.3. The van der Waals surface area contributed by atoms with Crippen molar-refractivity contribution in [3.8, 4) is 0 Å². The van der Waals surface area contributed by atoms with Crippen molar-refractivity contribution >= 4 is 16.8 Å². The monoisotopic (exact) mass is 322 g/mol. The van der Waals surface area contributed by atoms with E-state index in [0.717, 1.165) is 22.4 Å². The molecule has 0 aliphatic rings. The van der Waals surface area contributed by atoms with Gasteiger partial charge in [0.05, 0.1) is 5.52 Å². The van der Waals surface area contributed by atoms with Gasteiger partial charge in [0.15, 0.2) is 0 Å². The number of amides is 1. The molecule has 0 bridgehead atoms. The lowest BCUT2D eigenvalue weighted by molar-refractivity contribution is 0.0954. The van der Waals surface area contributed by atoms with E-state index in [1.165, 1.54) is 0 Å². The second-order valence-electron chi connectivity index (χ2n) is 6.20. The SMILES string of the molecule is Cc1cnc(CCNC(=O)c2ccc3ncccc3c2)n1C(C)C. The first-order valence-corrected chi connectivity index (χ1v) is 8.22. The van der Waals surface area contributed by atoms with Gasteiger partial charge < -0.3 is 9.88 Å². The van der Waals surface area contributed by atoms with Crippen molar-refractivity contribution in [2.24, 2.45) is 0 Å². The van der Waals surface area contributed by atoms with Gasteiger partial charge in [-0.2, -0.15) is 0 Å². The summed E-state index contributed by atoms with van der Waals surface area (Å²) in [5, 5.41) is 3.94. The van der Waals surface area contributed by atoms with Gasteiger partial charge in [-0.1, -0.05) is 6.07 Å². The van der Waals surface area contributed by atoms with Gasteiger partial charge in [0.25, 0.3) is 5.91 Å². The Morgan fingerprint density at radius 3 is 2.88 bits per heavy atom. The molecule has 0 aliphatic carbocycles. The normalized spacial score (nSPS) is 11.2. The van der Waals surface area contributed by atoms with Crippen molar-refractivity contribution in [1.82, 2.24) is 19.9 Å². The molecule has 5 nitrogen and oxygen atoms in total. The summed E-state index contributed by atoms with van der Waals surface area (Å²) in [5.74, 6) is 0.936. The molecule has 2 aromatic heterocycles. The number of benzene rings is 1. The summed E-state index contributed by atoms with van der Waals surface area (Å²) in [5.41, 5.74) is 2.69. The van der Waals surface area contributed by atoms with E-state index in [2.05, 4.69) is 40.6 Å². The second-order valence-corrected chi connectivity index (χ2v) is 6.20. The van der Waals surface area contributed by atoms with Crippen molar-refractivity contribution in [3.63, 3.8) is 0 Å². The summed E-state index contributed by atoms with van der Waals surface area (Å²) in [6.07, 6.45) is 4.35. The molecule has 3 rings (SSSR count). The van der Waals surface area contributed by atoms with Gasteiger partial charge in [-0.15, -0.1) is 0 Å². The van der Waals surface area contributed by atoms with Crippen LogP contribution in [0.2, 0.25) is 0 Å². The van der Waals surface area contributed by atoms with Crippen molar-refractivity contribution in [2.45, 2.75) is 33.2 Å². The number of carbonyl (C=O) groups is 1. The average Bonchev–Trinajstić information content (AvgIpc) is 2.95. The fourth-order valence-electron chi connectivity index (χ4n) is 2.99. The highest BCUT2D eigenvalue weighted by Crippen LogP contribution is 2.14. The third-order valence-corrected chi connectivity index (χ3v) is 4.07. The highest BCUT2D eigenvalue weighted by molar-refractivity contribution is 5.97. The summed E-state index contributed by atoms with van der Waals surface area (Å²) in [6, 6.07) is 9.75. The van der Waals surface area contributed by atoms with Crippen LogP contribution in [0.1, 0.15) is 41.8 Å². The molecule has 0 fully saturated rings. The summed E-state index contributed by atoms with van der Waals surface area (Å²) >= 11 is 0. The number of pyridine rings is 1. The van der Waals surface area contributed by atoms with Crippen molar-refractivity contribution < 1.29 is 4.79 Å². The topological polar surface area (TPSA) is 59.8 Å². The summed E-state index contributed by atoms with van der Waals surface area (Å²) in [6.45, 7) is 6.89. The van der Waals surface area contributed by atoms with Crippen LogP contribution in [0, 0.1) is 6.92 Å². The van der Waals surface area contributed by atoms with E-state index in [1.54, 1.807) is 6.20 Å². The molecule has 0 saturated carbocycles. The lowest BCUT2D eigenvalue weighted by atomic mass is 10.1. The average molecular weight is 322 g/mol. The van der Waals surface area contributed by atoms with Crippen LogP contribution in [0.4, 0.5) is 0 Å². The van der Waals surface area contributed by atoms with Gasteiger partial charge in [0.1, 0.15) is 5.82 Å². The number of aryl methyl sites for hydroxylation is 1. The number of aromatic nitrogens is 3. The number of rotatable bonds is 5. The Labute approximate surface area is 141 Å². The minimum atomic E-state index is -0.0693. The number of carbonyl (C=O) groups excluding carboxylic acids is 1. The first kappa shape index (κ1) is 16.2. The Bertz CT molecular complexity index is 867. The largest absolute Gasteiger partial charge is 0.352 e. The Morgan fingerprint density at radius 2 is 2.08 bits per heavy atom. The highest BCUT2D eigenvalue weighted by atomic mass is 16.1. The molecule has 0 aliphatic heterocycles. The molecule has 0 spiro atoms. The standard InChI is InChI=1S/C19H22N4O/c1-13(2)23-14(3)12-22-18(23)8-10-21-19(24)16-6-7-17-15(11-16)5-4-9-20-17/h4-7,9,11-13H,8,10H2,1-3H3,(H,21,24). The molecule has 1 amide bonds. The van der Waals surface area contributed by atoms with Crippen molar-refractivity contribution in [1.29, 1.82) is 0 Å². The fraction of sp³-hybridized carbons (Fsp3) is 0.316. The zero-order chi connectivity index (χ0) is 17.1. The van der Waals surface area contributed by atoms with E-state index in [9.17, 15) is 4.79 Å². The Kier molecular flexibility index (Phi) is 4.60. The van der Waals surface area contributed by atoms with E-state index in [4.69, 9.17) is 0 Å². The predicted molar refractivity (Wildman–Crippen MR) is 95.1 cm³/mol. The van der Waals surface area contributed by atoms with Gasteiger partial charge >= 0.3 is 0 Å². The molecule has 24 heavy (non-hydrogen) atoms. The summed E-state index contributed by atoms with van der Waals surface area (Å²) in [4.78, 5) is 21.1. The Hall–Kier alpha value is -2.69. The van der Waals surface area contributed by atoms with Crippen LogP contribution in [0.5, 0.6) is 0 Å². The van der Waals surface area contributed by atoms with E-state index in [-0.39, 0.29) is 5.91 Å². The maximum atomic E-state index is 12.3. The predicted octanol–water partition coefficient (Wildman–Crippen LogP) is 3.29. The van der Waals surface area contributed by atoms with Gasteiger partial charge in [-0.3, -0.25) is 9.78 Å². The van der Waals surface area contributed by atoms with Gasteiger partial charge in [-0.25, -0.2) is 4.98 Å². The fourth-order valence-corrected chi connectivity index (χ4v) is 2.99. The second kappa shape index (κ2) is 6.83. The quantitative estimate of drug-likeness (QED) is 0.784. The number of imidazole rings is 1. The molecule has 0 atom stereocenters. The van der Waals surface area contributed by atoms with E-state index >= 15 is 0 Å². The molecule has 0 radical (unpaired) electrons. The molecular weight excluding hydrogens is 300 g/mol. The molecule has 0 saturated heterocycles. The van der Waals surface area contributed by atoms with Gasteiger partial charge in [-0.05, 0) is 45.0 Å². The van der Waals surface area contributed by atoms with Crippen LogP contribution in [0.15, 0.2) is 42.7 Å². The van der Waals surface area contributed by atoms with Crippen molar-refractivity contribution in [3.05, 3.63) is 59.8 Å². The van der Waals surface area contributed by atoms with Crippen LogP contribution >= 0.6 is 0 Å². The third kappa shape index (κ3) is 3.30. The molecule has 2 heterocycles. The smallest absolute Gasteiger partial charge is 0.251 e. The van der Waals surface area contributed by atoms with Gasteiger partial charge in [0, 0.05) is 48.0 Å². The van der Waals surface area contributed by atoms with E-state index < -0.39 is 0 Å². The minimum absolute atomic E-state index is 0.0693. The Morgan fingerprint density at radius 1 is 1.25 bits per heavy atom. The molecule has 5 heteroatoms. The van der Waals surface area contributed by atoms with Crippen LogP contribution in [0.3, 0.4) is 0 Å². The molecular formula is C19H22N4O. The number of hydrogen-bond acceptors (Lipinski definition) is 3. The lowest BCUT2D eigenvalue weighted by Crippen LogP contribution is -2.26. The third-order valence-electron chi connectivity index (χ3n) is 4.07. The maximum absolute atomic E-state index is 12.3. The first-order valence-electron chi connectivity index (χ1n) is 8.22. The highest BCUT2D eigenvalue weighted by Gasteiger charge is 2.11. The van der Waals surface area contributed by atoms with E-state index in [0.29, 0.717) is 24.6 Å². The number of hydrogen-bond donors (Lipinski definition) is 1. The number of nitrogens with zero attached hydrogens (tertiary/aromatic N) is 3. The maximum Gasteiger partial charge on any atom is 0.251 e. The number of nitrogens with one attached hydrogen (secondary N) is 1.